The maximum atomic E-state index is 6.05. The molecule has 1 heterocycles. The number of rotatable bonds is 3. The molecule has 2 aromatic rings. The quantitative estimate of drug-likeness (QED) is 0.840. The van der Waals surface area contributed by atoms with Crippen LogP contribution in [-0.4, -0.2) is 14.2 Å². The van der Waals surface area contributed by atoms with E-state index >= 15 is 0 Å². The summed E-state index contributed by atoms with van der Waals surface area (Å²) in [5.41, 5.74) is 3.34. The summed E-state index contributed by atoms with van der Waals surface area (Å²) in [6, 6.07) is 14.0. The first-order valence-electron chi connectivity index (χ1n) is 6.92. The molecule has 0 radical (unpaired) electrons. The Hall–Kier alpha value is -2.42. The number of fused-ring (bicyclic) bond motifs is 1. The van der Waals surface area contributed by atoms with E-state index < -0.39 is 0 Å². The van der Waals surface area contributed by atoms with Crippen LogP contribution < -0.4 is 9.47 Å². The first-order valence-corrected chi connectivity index (χ1v) is 6.92. The highest BCUT2D eigenvalue weighted by atomic mass is 16.5. The first kappa shape index (κ1) is 13.6. The van der Waals surface area contributed by atoms with Gasteiger partial charge >= 0.3 is 0 Å². The van der Waals surface area contributed by atoms with Crippen molar-refractivity contribution in [2.75, 3.05) is 14.2 Å². The molecule has 0 saturated heterocycles. The number of ether oxygens (including phenoxy) is 3. The molecule has 0 saturated carbocycles. The second-order valence-corrected chi connectivity index (χ2v) is 5.00. The van der Waals surface area contributed by atoms with Crippen molar-refractivity contribution in [1.82, 2.24) is 0 Å². The number of hydrogen-bond donors (Lipinski definition) is 0. The van der Waals surface area contributed by atoms with Crippen molar-refractivity contribution in [1.29, 1.82) is 0 Å². The lowest BCUT2D eigenvalue weighted by atomic mass is 9.98. The molecule has 1 aliphatic rings. The number of hydrogen-bond acceptors (Lipinski definition) is 3. The van der Waals surface area contributed by atoms with Gasteiger partial charge in [-0.05, 0) is 36.3 Å². The lowest BCUT2D eigenvalue weighted by molar-refractivity contribution is 0.186. The Balaban J connectivity index is 2.07. The zero-order valence-electron chi connectivity index (χ0n) is 12.4. The third-order valence-corrected chi connectivity index (χ3v) is 3.66. The van der Waals surface area contributed by atoms with Gasteiger partial charge in [0, 0.05) is 11.6 Å². The summed E-state index contributed by atoms with van der Waals surface area (Å²) in [6.45, 7) is 2.06. The minimum atomic E-state index is 0.0263. The minimum Gasteiger partial charge on any atom is -0.497 e. The maximum absolute atomic E-state index is 6.05. The molecule has 0 aliphatic carbocycles. The van der Waals surface area contributed by atoms with Crippen LogP contribution in [0.4, 0.5) is 0 Å². The summed E-state index contributed by atoms with van der Waals surface area (Å²) in [5, 5.41) is 0. The van der Waals surface area contributed by atoms with Crippen LogP contribution in [0.2, 0.25) is 0 Å². The summed E-state index contributed by atoms with van der Waals surface area (Å²) in [6.07, 6.45) is 2.09. The van der Waals surface area contributed by atoms with Crippen LogP contribution in [0.25, 0.3) is 11.8 Å². The average molecular weight is 282 g/mol. The Morgan fingerprint density at radius 2 is 1.62 bits per heavy atom. The van der Waals surface area contributed by atoms with Gasteiger partial charge in [-0.2, -0.15) is 0 Å². The van der Waals surface area contributed by atoms with Gasteiger partial charge in [-0.1, -0.05) is 24.3 Å². The zero-order chi connectivity index (χ0) is 14.8. The molecule has 3 rings (SSSR count). The van der Waals surface area contributed by atoms with Crippen molar-refractivity contribution < 1.29 is 14.2 Å². The second-order valence-electron chi connectivity index (χ2n) is 5.00. The highest BCUT2D eigenvalue weighted by molar-refractivity contribution is 5.81. The Morgan fingerprint density at radius 1 is 0.952 bits per heavy atom. The van der Waals surface area contributed by atoms with Crippen molar-refractivity contribution in [2.24, 2.45) is 0 Å². The molecule has 0 spiro atoms. The average Bonchev–Trinajstić information content (AvgIpc) is 2.54. The molecule has 0 amide bonds. The molecule has 0 N–H and O–H groups in total. The summed E-state index contributed by atoms with van der Waals surface area (Å²) >= 11 is 0. The van der Waals surface area contributed by atoms with Crippen molar-refractivity contribution in [2.45, 2.75) is 13.0 Å². The smallest absolute Gasteiger partial charge is 0.128 e. The van der Waals surface area contributed by atoms with Crippen LogP contribution in [0.1, 0.15) is 29.7 Å². The third kappa shape index (κ3) is 2.59. The van der Waals surface area contributed by atoms with Crippen molar-refractivity contribution in [3.05, 3.63) is 59.2 Å². The van der Waals surface area contributed by atoms with E-state index in [-0.39, 0.29) is 6.10 Å². The molecular weight excluding hydrogens is 264 g/mol. The Kier molecular flexibility index (Phi) is 3.57. The van der Waals surface area contributed by atoms with Crippen LogP contribution in [-0.2, 0) is 4.74 Å². The predicted molar refractivity (Wildman–Crippen MR) is 83.4 cm³/mol. The first-order chi connectivity index (χ1) is 10.2. The lowest BCUT2D eigenvalue weighted by Gasteiger charge is -2.25. The summed E-state index contributed by atoms with van der Waals surface area (Å²) < 4.78 is 16.7. The molecule has 3 heteroatoms. The fourth-order valence-electron chi connectivity index (χ4n) is 2.54. The molecule has 0 aromatic heterocycles. The molecule has 0 fully saturated rings. The normalized spacial score (nSPS) is 16.5. The number of methoxy groups -OCH3 is 2. The molecule has 3 nitrogen and oxygen atoms in total. The summed E-state index contributed by atoms with van der Waals surface area (Å²) in [4.78, 5) is 0. The van der Waals surface area contributed by atoms with Gasteiger partial charge in [-0.15, -0.1) is 0 Å². The predicted octanol–water partition coefficient (Wildman–Crippen LogP) is 4.29. The standard InChI is InChI=1S/C18H18O3/c1-12-17-7-5-4-6-13(17)10-18(21-12)14-8-15(19-2)11-16(9-14)20-3/h4-12H,1-3H3/t12-/m0/s1. The van der Waals surface area contributed by atoms with Crippen molar-refractivity contribution in [3.63, 3.8) is 0 Å². The Morgan fingerprint density at radius 3 is 2.29 bits per heavy atom. The van der Waals surface area contributed by atoms with Crippen LogP contribution in [0.5, 0.6) is 11.5 Å². The molecule has 0 bridgehead atoms. The monoisotopic (exact) mass is 282 g/mol. The molecule has 0 unspecified atom stereocenters. The van der Waals surface area contributed by atoms with E-state index in [2.05, 4.69) is 25.1 Å². The van der Waals surface area contributed by atoms with Gasteiger partial charge in [0.15, 0.2) is 0 Å². The zero-order valence-corrected chi connectivity index (χ0v) is 12.4. The topological polar surface area (TPSA) is 27.7 Å². The summed E-state index contributed by atoms with van der Waals surface area (Å²) in [5.74, 6) is 2.33. The molecular formula is C18H18O3. The van der Waals surface area contributed by atoms with E-state index in [0.717, 1.165) is 22.8 Å². The molecule has 108 valence electrons. The molecule has 21 heavy (non-hydrogen) atoms. The lowest BCUT2D eigenvalue weighted by Crippen LogP contribution is -2.07. The van der Waals surface area contributed by atoms with E-state index in [1.54, 1.807) is 14.2 Å². The van der Waals surface area contributed by atoms with Crippen LogP contribution in [0.3, 0.4) is 0 Å². The summed E-state index contributed by atoms with van der Waals surface area (Å²) in [7, 11) is 3.29. The molecule has 1 atom stereocenters. The highest BCUT2D eigenvalue weighted by Crippen LogP contribution is 2.37. The maximum Gasteiger partial charge on any atom is 0.128 e. The SMILES string of the molecule is COc1cc(OC)cc(C2=Cc3ccccc3[C@H](C)O2)c1. The van der Waals surface area contributed by atoms with Gasteiger partial charge in [-0.25, -0.2) is 0 Å². The van der Waals surface area contributed by atoms with Gasteiger partial charge in [0.25, 0.3) is 0 Å². The Labute approximate surface area is 124 Å². The molecule has 2 aromatic carbocycles. The van der Waals surface area contributed by atoms with Crippen LogP contribution in [0.15, 0.2) is 42.5 Å². The second kappa shape index (κ2) is 5.52. The van der Waals surface area contributed by atoms with Gasteiger partial charge in [0.2, 0.25) is 0 Å². The van der Waals surface area contributed by atoms with Crippen LogP contribution >= 0.6 is 0 Å². The largest absolute Gasteiger partial charge is 0.497 e. The number of benzene rings is 2. The van der Waals surface area contributed by atoms with E-state index in [0.29, 0.717) is 0 Å². The third-order valence-electron chi connectivity index (χ3n) is 3.66. The Bertz CT molecular complexity index is 666. The van der Waals surface area contributed by atoms with E-state index in [4.69, 9.17) is 14.2 Å². The van der Waals surface area contributed by atoms with Crippen molar-refractivity contribution in [3.8, 4) is 11.5 Å². The van der Waals surface area contributed by atoms with Gasteiger partial charge in [0.05, 0.1) is 14.2 Å². The highest BCUT2D eigenvalue weighted by Gasteiger charge is 2.20. The van der Waals surface area contributed by atoms with Gasteiger partial charge in [0.1, 0.15) is 23.4 Å². The fourth-order valence-corrected chi connectivity index (χ4v) is 2.54. The van der Waals surface area contributed by atoms with Crippen molar-refractivity contribution >= 4 is 11.8 Å². The van der Waals surface area contributed by atoms with Gasteiger partial charge < -0.3 is 14.2 Å². The van der Waals surface area contributed by atoms with Gasteiger partial charge in [-0.3, -0.25) is 0 Å². The van der Waals surface area contributed by atoms with Crippen LogP contribution in [0, 0.1) is 0 Å². The van der Waals surface area contributed by atoms with E-state index in [1.165, 1.54) is 11.1 Å². The minimum absolute atomic E-state index is 0.0263. The van der Waals surface area contributed by atoms with E-state index in [9.17, 15) is 0 Å². The van der Waals surface area contributed by atoms with E-state index in [1.807, 2.05) is 30.3 Å². The molecule has 1 aliphatic heterocycles. The fraction of sp³-hybridized carbons (Fsp3) is 0.222.